The second-order valence-corrected chi connectivity index (χ2v) is 5.94. The summed E-state index contributed by atoms with van der Waals surface area (Å²) in [6.45, 7) is 7.38. The van der Waals surface area contributed by atoms with Gasteiger partial charge in [0.05, 0.1) is 13.2 Å². The lowest BCUT2D eigenvalue weighted by Gasteiger charge is -2.37. The molecule has 1 atom stereocenters. The third kappa shape index (κ3) is 2.70. The lowest BCUT2D eigenvalue weighted by Crippen LogP contribution is -2.58. The number of fused-ring (bicyclic) bond motifs is 1. The monoisotopic (exact) mass is 312 g/mol. The van der Waals surface area contributed by atoms with Crippen molar-refractivity contribution in [1.82, 2.24) is 10.3 Å². The molecule has 2 aliphatic rings. The third-order valence-electron chi connectivity index (χ3n) is 3.63. The van der Waals surface area contributed by atoms with E-state index >= 15 is 0 Å². The van der Waals surface area contributed by atoms with E-state index in [1.807, 2.05) is 13.8 Å². The molecule has 0 aliphatic carbocycles. The highest BCUT2D eigenvalue weighted by Crippen LogP contribution is 2.35. The number of rotatable bonds is 4. The van der Waals surface area contributed by atoms with Crippen molar-refractivity contribution in [2.45, 2.75) is 26.1 Å². The number of nitrogens with one attached hydrogen (secondary N) is 2. The summed E-state index contributed by atoms with van der Waals surface area (Å²) in [5.74, 6) is -0.369. The first kappa shape index (κ1) is 14.6. The van der Waals surface area contributed by atoms with Crippen molar-refractivity contribution in [2.24, 2.45) is 0 Å². The maximum absolute atomic E-state index is 12.3. The van der Waals surface area contributed by atoms with Crippen molar-refractivity contribution >= 4 is 28.2 Å². The molecule has 1 unspecified atom stereocenters. The van der Waals surface area contributed by atoms with Gasteiger partial charge in [-0.25, -0.2) is 4.98 Å². The number of hydrogen-bond donors (Lipinski definition) is 2. The molecule has 8 heteroatoms. The normalized spacial score (nSPS) is 25.2. The molecular formula is C13H20N4O3S. The Hall–Kier alpha value is -1.38. The quantitative estimate of drug-likeness (QED) is 0.871. The largest absolute Gasteiger partial charge is 0.378 e. The third-order valence-corrected chi connectivity index (χ3v) is 4.74. The Balaban J connectivity index is 1.86. The van der Waals surface area contributed by atoms with Crippen molar-refractivity contribution in [3.05, 3.63) is 4.88 Å². The standard InChI is InChI=1S/C13H20N4O3S/c1-3-13(20-4-2)15-10-9(11(18)16-13)21-12(14-10)17-5-7-19-8-6-17/h15H,3-8H2,1-2H3,(H,16,18). The van der Waals surface area contributed by atoms with E-state index in [9.17, 15) is 4.79 Å². The lowest BCUT2D eigenvalue weighted by molar-refractivity contribution is -0.0420. The number of thiazole rings is 1. The van der Waals surface area contributed by atoms with E-state index in [1.54, 1.807) is 0 Å². The molecule has 116 valence electrons. The van der Waals surface area contributed by atoms with Crippen LogP contribution in [0.4, 0.5) is 10.9 Å². The van der Waals surface area contributed by atoms with Gasteiger partial charge in [0.15, 0.2) is 10.9 Å². The number of morpholine rings is 1. The molecule has 1 fully saturated rings. The van der Waals surface area contributed by atoms with E-state index < -0.39 is 5.85 Å². The summed E-state index contributed by atoms with van der Waals surface area (Å²) in [6, 6.07) is 0. The Morgan fingerprint density at radius 1 is 1.38 bits per heavy atom. The van der Waals surface area contributed by atoms with Crippen molar-refractivity contribution in [3.8, 4) is 0 Å². The summed E-state index contributed by atoms with van der Waals surface area (Å²) in [6.07, 6.45) is 0.621. The fourth-order valence-electron chi connectivity index (χ4n) is 2.50. The predicted octanol–water partition coefficient (Wildman–Crippen LogP) is 1.24. The summed E-state index contributed by atoms with van der Waals surface area (Å²) in [7, 11) is 0. The van der Waals surface area contributed by atoms with Gasteiger partial charge in [0.2, 0.25) is 5.85 Å². The maximum Gasteiger partial charge on any atom is 0.268 e. The average Bonchev–Trinajstić information content (AvgIpc) is 2.93. The van der Waals surface area contributed by atoms with Gasteiger partial charge in [0, 0.05) is 26.1 Å². The van der Waals surface area contributed by atoms with Crippen molar-refractivity contribution in [3.63, 3.8) is 0 Å². The van der Waals surface area contributed by atoms with Gasteiger partial charge in [-0.05, 0) is 6.92 Å². The lowest BCUT2D eigenvalue weighted by atomic mass is 10.2. The molecule has 3 rings (SSSR count). The number of hydrogen-bond acceptors (Lipinski definition) is 7. The first-order valence-corrected chi connectivity index (χ1v) is 8.07. The van der Waals surface area contributed by atoms with Gasteiger partial charge < -0.3 is 25.0 Å². The molecule has 1 aromatic rings. The number of carbonyl (C=O) groups excluding carboxylic acids is 1. The van der Waals surface area contributed by atoms with Gasteiger partial charge in [-0.3, -0.25) is 4.79 Å². The molecule has 7 nitrogen and oxygen atoms in total. The Morgan fingerprint density at radius 2 is 2.14 bits per heavy atom. The minimum absolute atomic E-state index is 0.129. The van der Waals surface area contributed by atoms with Crippen molar-refractivity contribution in [1.29, 1.82) is 0 Å². The molecule has 0 saturated carbocycles. The summed E-state index contributed by atoms with van der Waals surface area (Å²) in [5.41, 5.74) is 0. The molecule has 2 N–H and O–H groups in total. The molecule has 1 aromatic heterocycles. The van der Waals surface area contributed by atoms with E-state index in [1.165, 1.54) is 11.3 Å². The second kappa shape index (κ2) is 5.78. The van der Waals surface area contributed by atoms with Gasteiger partial charge >= 0.3 is 0 Å². The Morgan fingerprint density at radius 3 is 2.81 bits per heavy atom. The maximum atomic E-state index is 12.3. The first-order valence-electron chi connectivity index (χ1n) is 7.25. The summed E-state index contributed by atoms with van der Waals surface area (Å²) < 4.78 is 11.0. The SMILES string of the molecule is CCOC1(CC)NC(=O)c2sc(N3CCOCC3)nc2N1. The first-order chi connectivity index (χ1) is 10.2. The van der Waals surface area contributed by atoms with E-state index in [4.69, 9.17) is 9.47 Å². The molecule has 0 aromatic carbocycles. The molecular weight excluding hydrogens is 292 g/mol. The molecule has 1 saturated heterocycles. The number of amides is 1. The van der Waals surface area contributed by atoms with Crippen LogP contribution in [-0.2, 0) is 9.47 Å². The molecule has 2 aliphatic heterocycles. The zero-order chi connectivity index (χ0) is 14.9. The predicted molar refractivity (Wildman–Crippen MR) is 80.9 cm³/mol. The number of ether oxygens (including phenoxy) is 2. The van der Waals surface area contributed by atoms with Gasteiger partial charge in [0.25, 0.3) is 5.91 Å². The highest BCUT2D eigenvalue weighted by molar-refractivity contribution is 7.18. The van der Waals surface area contributed by atoms with Crippen LogP contribution >= 0.6 is 11.3 Å². The summed E-state index contributed by atoms with van der Waals surface area (Å²) >= 11 is 1.41. The van der Waals surface area contributed by atoms with Crippen LogP contribution in [0.5, 0.6) is 0 Å². The van der Waals surface area contributed by atoms with Crippen LogP contribution in [0.15, 0.2) is 0 Å². The smallest absolute Gasteiger partial charge is 0.268 e. The van der Waals surface area contributed by atoms with Crippen molar-refractivity contribution in [2.75, 3.05) is 43.1 Å². The van der Waals surface area contributed by atoms with Crippen LogP contribution < -0.4 is 15.5 Å². The molecule has 21 heavy (non-hydrogen) atoms. The zero-order valence-electron chi connectivity index (χ0n) is 12.3. The zero-order valence-corrected chi connectivity index (χ0v) is 13.1. The fraction of sp³-hybridized carbons (Fsp3) is 0.692. The Bertz CT molecular complexity index is 529. The number of aromatic nitrogens is 1. The highest BCUT2D eigenvalue weighted by atomic mass is 32.1. The van der Waals surface area contributed by atoms with Crippen LogP contribution in [0.1, 0.15) is 29.9 Å². The van der Waals surface area contributed by atoms with Crippen LogP contribution in [-0.4, -0.2) is 49.7 Å². The Kier molecular flexibility index (Phi) is 4.01. The molecule has 1 amide bonds. The minimum atomic E-state index is -0.852. The second-order valence-electron chi connectivity index (χ2n) is 4.97. The van der Waals surface area contributed by atoms with Gasteiger partial charge in [-0.2, -0.15) is 0 Å². The van der Waals surface area contributed by atoms with E-state index in [0.717, 1.165) is 18.2 Å². The van der Waals surface area contributed by atoms with Gasteiger partial charge in [-0.1, -0.05) is 18.3 Å². The summed E-state index contributed by atoms with van der Waals surface area (Å²) in [5, 5.41) is 7.00. The number of nitrogens with zero attached hydrogens (tertiary/aromatic N) is 2. The van der Waals surface area contributed by atoms with Gasteiger partial charge in [-0.15, -0.1) is 0 Å². The minimum Gasteiger partial charge on any atom is -0.378 e. The molecule has 0 spiro atoms. The molecule has 3 heterocycles. The fourth-order valence-corrected chi connectivity index (χ4v) is 3.47. The number of anilines is 2. The highest BCUT2D eigenvalue weighted by Gasteiger charge is 2.39. The van der Waals surface area contributed by atoms with Crippen molar-refractivity contribution < 1.29 is 14.3 Å². The molecule has 0 bridgehead atoms. The van der Waals surface area contributed by atoms with E-state index in [2.05, 4.69) is 20.5 Å². The topological polar surface area (TPSA) is 75.7 Å². The summed E-state index contributed by atoms with van der Waals surface area (Å²) in [4.78, 5) is 19.7. The average molecular weight is 312 g/mol. The molecule has 0 radical (unpaired) electrons. The van der Waals surface area contributed by atoms with Crippen LogP contribution in [0.3, 0.4) is 0 Å². The van der Waals surface area contributed by atoms with Crippen LogP contribution in [0.25, 0.3) is 0 Å². The van der Waals surface area contributed by atoms with Gasteiger partial charge in [0.1, 0.15) is 4.88 Å². The van der Waals surface area contributed by atoms with Crippen LogP contribution in [0, 0.1) is 0 Å². The van der Waals surface area contributed by atoms with E-state index in [0.29, 0.717) is 36.9 Å². The van der Waals surface area contributed by atoms with E-state index in [-0.39, 0.29) is 5.91 Å². The van der Waals surface area contributed by atoms with Crippen LogP contribution in [0.2, 0.25) is 0 Å². The Labute approximate surface area is 127 Å². The number of carbonyl (C=O) groups is 1.